The average molecular weight is 307 g/mol. The summed E-state index contributed by atoms with van der Waals surface area (Å²) in [6.45, 7) is 3.74. The van der Waals surface area contributed by atoms with Gasteiger partial charge in [-0.1, -0.05) is 34.1 Å². The molecule has 0 bridgehead atoms. The molecule has 0 amide bonds. The summed E-state index contributed by atoms with van der Waals surface area (Å²) in [5.74, 6) is 1.46. The van der Waals surface area contributed by atoms with Crippen LogP contribution in [0.15, 0.2) is 46.9 Å². The van der Waals surface area contributed by atoms with Crippen molar-refractivity contribution in [3.63, 3.8) is 0 Å². The van der Waals surface area contributed by atoms with E-state index < -0.39 is 6.10 Å². The minimum Gasteiger partial charge on any atom is -0.457 e. The van der Waals surface area contributed by atoms with E-state index in [4.69, 9.17) is 4.74 Å². The van der Waals surface area contributed by atoms with Crippen LogP contribution in [0.5, 0.6) is 11.5 Å². The van der Waals surface area contributed by atoms with Gasteiger partial charge in [-0.25, -0.2) is 0 Å². The van der Waals surface area contributed by atoms with E-state index in [0.717, 1.165) is 21.3 Å². The topological polar surface area (TPSA) is 29.5 Å². The van der Waals surface area contributed by atoms with Crippen LogP contribution in [-0.4, -0.2) is 5.11 Å². The van der Waals surface area contributed by atoms with Crippen molar-refractivity contribution in [1.82, 2.24) is 0 Å². The third kappa shape index (κ3) is 2.92. The Kier molecular flexibility index (Phi) is 4.04. The van der Waals surface area contributed by atoms with Gasteiger partial charge in [-0.2, -0.15) is 0 Å². The zero-order chi connectivity index (χ0) is 13.1. The molecule has 0 aromatic heterocycles. The molecule has 2 aromatic rings. The minimum absolute atomic E-state index is 0.544. The molecular formula is C15H15BrO2. The van der Waals surface area contributed by atoms with Gasteiger partial charge in [-0.05, 0) is 43.7 Å². The van der Waals surface area contributed by atoms with Crippen molar-refractivity contribution < 1.29 is 9.84 Å². The van der Waals surface area contributed by atoms with Crippen LogP contribution in [0, 0.1) is 6.92 Å². The summed E-state index contributed by atoms with van der Waals surface area (Å²) in [6, 6.07) is 13.3. The molecule has 2 nitrogen and oxygen atoms in total. The normalized spacial score (nSPS) is 12.2. The lowest BCUT2D eigenvalue weighted by atomic mass is 10.1. The van der Waals surface area contributed by atoms with Gasteiger partial charge in [0, 0.05) is 10.0 Å². The highest BCUT2D eigenvalue weighted by Gasteiger charge is 2.09. The zero-order valence-corrected chi connectivity index (χ0v) is 11.9. The minimum atomic E-state index is -0.544. The SMILES string of the molecule is Cc1cc(Oc2ccccc2[C@@H](C)O)ccc1Br. The molecule has 2 rings (SSSR count). The van der Waals surface area contributed by atoms with E-state index in [1.54, 1.807) is 6.92 Å². The van der Waals surface area contributed by atoms with E-state index in [1.807, 2.05) is 49.4 Å². The first-order valence-electron chi connectivity index (χ1n) is 5.79. The molecule has 3 heteroatoms. The molecule has 2 aromatic carbocycles. The molecule has 18 heavy (non-hydrogen) atoms. The van der Waals surface area contributed by atoms with Crippen LogP contribution in [-0.2, 0) is 0 Å². The summed E-state index contributed by atoms with van der Waals surface area (Å²) < 4.78 is 6.88. The Balaban J connectivity index is 2.31. The summed E-state index contributed by atoms with van der Waals surface area (Å²) in [5, 5.41) is 9.69. The molecule has 0 fully saturated rings. The predicted octanol–water partition coefficient (Wildman–Crippen LogP) is 4.60. The maximum Gasteiger partial charge on any atom is 0.133 e. The highest BCUT2D eigenvalue weighted by atomic mass is 79.9. The maximum atomic E-state index is 9.69. The first-order chi connectivity index (χ1) is 8.58. The van der Waals surface area contributed by atoms with Gasteiger partial charge in [0.05, 0.1) is 6.10 Å². The van der Waals surface area contributed by atoms with Gasteiger partial charge in [-0.3, -0.25) is 0 Å². The Bertz CT molecular complexity index is 550. The first-order valence-corrected chi connectivity index (χ1v) is 6.58. The molecule has 1 atom stereocenters. The standard InChI is InChI=1S/C15H15BrO2/c1-10-9-12(7-8-14(10)16)18-15-6-4-3-5-13(15)11(2)17/h3-9,11,17H,1-2H3/t11-/m1/s1. The van der Waals surface area contributed by atoms with Gasteiger partial charge in [0.25, 0.3) is 0 Å². The van der Waals surface area contributed by atoms with E-state index in [9.17, 15) is 5.11 Å². The molecule has 1 N–H and O–H groups in total. The fraction of sp³-hybridized carbons (Fsp3) is 0.200. The number of aliphatic hydroxyl groups excluding tert-OH is 1. The van der Waals surface area contributed by atoms with Crippen LogP contribution in [0.4, 0.5) is 0 Å². The molecule has 0 spiro atoms. The van der Waals surface area contributed by atoms with Gasteiger partial charge >= 0.3 is 0 Å². The van der Waals surface area contributed by atoms with Crippen LogP contribution in [0.2, 0.25) is 0 Å². The molecule has 0 heterocycles. The predicted molar refractivity (Wildman–Crippen MR) is 76.0 cm³/mol. The lowest BCUT2D eigenvalue weighted by Crippen LogP contribution is -1.95. The Morgan fingerprint density at radius 1 is 1.17 bits per heavy atom. The van der Waals surface area contributed by atoms with Crippen molar-refractivity contribution in [2.24, 2.45) is 0 Å². The van der Waals surface area contributed by atoms with E-state index in [0.29, 0.717) is 5.75 Å². The van der Waals surface area contributed by atoms with E-state index in [2.05, 4.69) is 15.9 Å². The lowest BCUT2D eigenvalue weighted by Gasteiger charge is -2.13. The Hall–Kier alpha value is -1.32. The van der Waals surface area contributed by atoms with Crippen LogP contribution in [0.25, 0.3) is 0 Å². The third-order valence-electron chi connectivity index (χ3n) is 2.73. The van der Waals surface area contributed by atoms with Crippen molar-refractivity contribution in [2.45, 2.75) is 20.0 Å². The molecule has 94 valence electrons. The Morgan fingerprint density at radius 3 is 2.56 bits per heavy atom. The molecule has 0 radical (unpaired) electrons. The number of para-hydroxylation sites is 1. The quantitative estimate of drug-likeness (QED) is 0.897. The monoisotopic (exact) mass is 306 g/mol. The maximum absolute atomic E-state index is 9.69. The van der Waals surface area contributed by atoms with Crippen molar-refractivity contribution >= 4 is 15.9 Å². The molecular weight excluding hydrogens is 292 g/mol. The zero-order valence-electron chi connectivity index (χ0n) is 10.4. The van der Waals surface area contributed by atoms with Gasteiger partial charge < -0.3 is 9.84 Å². The number of aryl methyl sites for hydroxylation is 1. The number of ether oxygens (including phenoxy) is 1. The van der Waals surface area contributed by atoms with Gasteiger partial charge in [-0.15, -0.1) is 0 Å². The van der Waals surface area contributed by atoms with Gasteiger partial charge in [0.1, 0.15) is 11.5 Å². The molecule has 0 unspecified atom stereocenters. The smallest absolute Gasteiger partial charge is 0.133 e. The largest absolute Gasteiger partial charge is 0.457 e. The second-order valence-corrected chi connectivity index (χ2v) is 5.08. The Labute approximate surface area is 115 Å². The number of hydrogen-bond donors (Lipinski definition) is 1. The molecule has 0 saturated heterocycles. The highest BCUT2D eigenvalue weighted by Crippen LogP contribution is 2.31. The van der Waals surface area contributed by atoms with Crippen molar-refractivity contribution in [3.8, 4) is 11.5 Å². The highest BCUT2D eigenvalue weighted by molar-refractivity contribution is 9.10. The van der Waals surface area contributed by atoms with E-state index in [-0.39, 0.29) is 0 Å². The second kappa shape index (κ2) is 5.55. The van der Waals surface area contributed by atoms with Crippen LogP contribution < -0.4 is 4.74 Å². The fourth-order valence-corrected chi connectivity index (χ4v) is 1.97. The fourth-order valence-electron chi connectivity index (χ4n) is 1.73. The summed E-state index contributed by atoms with van der Waals surface area (Å²) in [5.41, 5.74) is 1.90. The van der Waals surface area contributed by atoms with E-state index >= 15 is 0 Å². The van der Waals surface area contributed by atoms with Crippen LogP contribution >= 0.6 is 15.9 Å². The van der Waals surface area contributed by atoms with Crippen molar-refractivity contribution in [2.75, 3.05) is 0 Å². The van der Waals surface area contributed by atoms with Crippen LogP contribution in [0.1, 0.15) is 24.2 Å². The lowest BCUT2D eigenvalue weighted by molar-refractivity contribution is 0.195. The van der Waals surface area contributed by atoms with Crippen molar-refractivity contribution in [3.05, 3.63) is 58.1 Å². The molecule has 0 aliphatic carbocycles. The molecule has 0 aliphatic heterocycles. The van der Waals surface area contributed by atoms with Gasteiger partial charge in [0.15, 0.2) is 0 Å². The first kappa shape index (κ1) is 13.1. The molecule has 0 saturated carbocycles. The third-order valence-corrected chi connectivity index (χ3v) is 3.62. The molecule has 0 aliphatic rings. The average Bonchev–Trinajstić information content (AvgIpc) is 2.34. The van der Waals surface area contributed by atoms with Gasteiger partial charge in [0.2, 0.25) is 0 Å². The van der Waals surface area contributed by atoms with Crippen molar-refractivity contribution in [1.29, 1.82) is 0 Å². The van der Waals surface area contributed by atoms with Crippen LogP contribution in [0.3, 0.4) is 0 Å². The Morgan fingerprint density at radius 2 is 1.89 bits per heavy atom. The number of rotatable bonds is 3. The second-order valence-electron chi connectivity index (χ2n) is 4.23. The number of benzene rings is 2. The number of hydrogen-bond acceptors (Lipinski definition) is 2. The summed E-state index contributed by atoms with van der Waals surface area (Å²) in [4.78, 5) is 0. The number of aliphatic hydroxyl groups is 1. The van der Waals surface area contributed by atoms with E-state index in [1.165, 1.54) is 0 Å². The number of halogens is 1. The summed E-state index contributed by atoms with van der Waals surface area (Å²) in [6.07, 6.45) is -0.544. The summed E-state index contributed by atoms with van der Waals surface area (Å²) >= 11 is 3.46. The summed E-state index contributed by atoms with van der Waals surface area (Å²) in [7, 11) is 0.